The summed E-state index contributed by atoms with van der Waals surface area (Å²) in [4.78, 5) is 12.1. The van der Waals surface area contributed by atoms with Crippen molar-refractivity contribution in [3.8, 4) is 5.75 Å². The van der Waals surface area contributed by atoms with E-state index in [0.29, 0.717) is 12.5 Å². The lowest BCUT2D eigenvalue weighted by Crippen LogP contribution is -2.30. The molecule has 1 aliphatic rings. The van der Waals surface area contributed by atoms with Gasteiger partial charge >= 0.3 is 0 Å². The average Bonchev–Trinajstić information content (AvgIpc) is 3.10. The standard InChI is InChI=1S/C21H28ClN3O2/c1-16-13-24-25(14-16)11-5-10-23-21(26)15-27-20-9-8-18(22)12-19(20)17-6-3-2-4-7-17/h8-9,12-14,17H,2-7,10-11,15H2,1H3,(H,23,26). The molecule has 1 aromatic heterocycles. The van der Waals surface area contributed by atoms with Gasteiger partial charge in [0.1, 0.15) is 5.75 Å². The molecule has 27 heavy (non-hydrogen) atoms. The van der Waals surface area contributed by atoms with Crippen LogP contribution in [-0.4, -0.2) is 28.8 Å². The number of hydrogen-bond acceptors (Lipinski definition) is 3. The number of nitrogens with zero attached hydrogens (tertiary/aromatic N) is 2. The van der Waals surface area contributed by atoms with E-state index in [1.165, 1.54) is 19.3 Å². The molecule has 0 atom stereocenters. The second-order valence-electron chi connectivity index (χ2n) is 7.29. The summed E-state index contributed by atoms with van der Waals surface area (Å²) in [6.45, 7) is 3.44. The molecule has 6 heteroatoms. The predicted octanol–water partition coefficient (Wildman–Crippen LogP) is 4.48. The third-order valence-electron chi connectivity index (χ3n) is 5.02. The Morgan fingerprint density at radius 2 is 2.15 bits per heavy atom. The van der Waals surface area contributed by atoms with Gasteiger partial charge < -0.3 is 10.1 Å². The zero-order chi connectivity index (χ0) is 19.1. The molecule has 1 heterocycles. The van der Waals surface area contributed by atoms with Gasteiger partial charge in [0.2, 0.25) is 0 Å². The van der Waals surface area contributed by atoms with Gasteiger partial charge in [-0.05, 0) is 61.4 Å². The van der Waals surface area contributed by atoms with Crippen LogP contribution in [0.15, 0.2) is 30.6 Å². The fraction of sp³-hybridized carbons (Fsp3) is 0.524. The van der Waals surface area contributed by atoms with Crippen LogP contribution >= 0.6 is 11.6 Å². The molecular formula is C21H28ClN3O2. The number of carbonyl (C=O) groups excluding carboxylic acids is 1. The number of aromatic nitrogens is 2. The molecule has 146 valence electrons. The van der Waals surface area contributed by atoms with E-state index < -0.39 is 0 Å². The van der Waals surface area contributed by atoms with Crippen molar-refractivity contribution in [3.05, 3.63) is 46.7 Å². The Bertz CT molecular complexity index is 754. The number of carbonyl (C=O) groups is 1. The fourth-order valence-corrected chi connectivity index (χ4v) is 3.82. The first-order valence-corrected chi connectivity index (χ1v) is 10.2. The normalized spacial score (nSPS) is 14.9. The number of hydrogen-bond donors (Lipinski definition) is 1. The van der Waals surface area contributed by atoms with Crippen molar-refractivity contribution in [2.75, 3.05) is 13.2 Å². The molecule has 0 unspecified atom stereocenters. The summed E-state index contributed by atoms with van der Waals surface area (Å²) in [6, 6.07) is 5.71. The van der Waals surface area contributed by atoms with Gasteiger partial charge in [0.15, 0.2) is 6.61 Å². The molecule has 0 aliphatic heterocycles. The van der Waals surface area contributed by atoms with Gasteiger partial charge in [-0.2, -0.15) is 5.10 Å². The van der Waals surface area contributed by atoms with Crippen LogP contribution in [0.25, 0.3) is 0 Å². The number of aryl methyl sites for hydroxylation is 2. The second kappa shape index (κ2) is 9.79. The predicted molar refractivity (Wildman–Crippen MR) is 107 cm³/mol. The maximum Gasteiger partial charge on any atom is 0.257 e. The average molecular weight is 390 g/mol. The minimum atomic E-state index is -0.101. The Kier molecular flexibility index (Phi) is 7.16. The number of ether oxygens (including phenoxy) is 1. The SMILES string of the molecule is Cc1cnn(CCCNC(=O)COc2ccc(Cl)cc2C2CCCCC2)c1. The third-order valence-corrected chi connectivity index (χ3v) is 5.26. The summed E-state index contributed by atoms with van der Waals surface area (Å²) in [5.41, 5.74) is 2.29. The van der Waals surface area contributed by atoms with Crippen LogP contribution in [0, 0.1) is 6.92 Å². The molecule has 1 N–H and O–H groups in total. The maximum absolute atomic E-state index is 12.1. The van der Waals surface area contributed by atoms with Crippen LogP contribution < -0.4 is 10.1 Å². The van der Waals surface area contributed by atoms with Crippen LogP contribution in [0.5, 0.6) is 5.75 Å². The van der Waals surface area contributed by atoms with Crippen molar-refractivity contribution in [2.24, 2.45) is 0 Å². The minimum absolute atomic E-state index is 0.0300. The van der Waals surface area contributed by atoms with Gasteiger partial charge in [0.05, 0.1) is 6.20 Å². The highest BCUT2D eigenvalue weighted by atomic mass is 35.5. The molecule has 0 radical (unpaired) electrons. The summed E-state index contributed by atoms with van der Waals surface area (Å²) < 4.78 is 7.73. The van der Waals surface area contributed by atoms with Crippen molar-refractivity contribution in [3.63, 3.8) is 0 Å². The van der Waals surface area contributed by atoms with Crippen molar-refractivity contribution in [2.45, 2.75) is 57.9 Å². The van der Waals surface area contributed by atoms with Gasteiger partial charge in [-0.25, -0.2) is 0 Å². The van der Waals surface area contributed by atoms with Crippen LogP contribution in [0.3, 0.4) is 0 Å². The topological polar surface area (TPSA) is 56.2 Å². The minimum Gasteiger partial charge on any atom is -0.483 e. The van der Waals surface area contributed by atoms with Gasteiger partial charge in [0.25, 0.3) is 5.91 Å². The number of amides is 1. The summed E-state index contributed by atoms with van der Waals surface area (Å²) >= 11 is 6.19. The van der Waals surface area contributed by atoms with E-state index in [9.17, 15) is 4.79 Å². The van der Waals surface area contributed by atoms with Crippen molar-refractivity contribution in [1.29, 1.82) is 0 Å². The van der Waals surface area contributed by atoms with Crippen LogP contribution in [0.1, 0.15) is 55.6 Å². The Balaban J connectivity index is 1.45. The molecule has 0 saturated heterocycles. The Morgan fingerprint density at radius 1 is 1.33 bits per heavy atom. The second-order valence-corrected chi connectivity index (χ2v) is 7.73. The van der Waals surface area contributed by atoms with Gasteiger partial charge in [-0.3, -0.25) is 9.48 Å². The molecule has 3 rings (SSSR count). The van der Waals surface area contributed by atoms with E-state index in [4.69, 9.17) is 16.3 Å². The molecule has 5 nitrogen and oxygen atoms in total. The highest BCUT2D eigenvalue weighted by Crippen LogP contribution is 2.38. The molecule has 0 bridgehead atoms. The molecule has 1 amide bonds. The maximum atomic E-state index is 12.1. The Hall–Kier alpha value is -2.01. The number of benzene rings is 1. The highest BCUT2D eigenvalue weighted by molar-refractivity contribution is 6.30. The lowest BCUT2D eigenvalue weighted by atomic mass is 9.84. The van der Waals surface area contributed by atoms with Crippen LogP contribution in [0.4, 0.5) is 0 Å². The number of halogens is 1. The third kappa shape index (κ3) is 5.99. The number of rotatable bonds is 8. The monoisotopic (exact) mass is 389 g/mol. The summed E-state index contributed by atoms with van der Waals surface area (Å²) in [5, 5.41) is 7.87. The molecule has 0 spiro atoms. The van der Waals surface area contributed by atoms with E-state index in [-0.39, 0.29) is 12.5 Å². The zero-order valence-electron chi connectivity index (χ0n) is 15.9. The Morgan fingerprint density at radius 3 is 2.89 bits per heavy atom. The van der Waals surface area contributed by atoms with E-state index in [1.54, 1.807) is 0 Å². The van der Waals surface area contributed by atoms with Gasteiger partial charge in [-0.15, -0.1) is 0 Å². The molecule has 1 aromatic carbocycles. The lowest BCUT2D eigenvalue weighted by Gasteiger charge is -2.24. The van der Waals surface area contributed by atoms with E-state index in [2.05, 4.69) is 10.4 Å². The summed E-state index contributed by atoms with van der Waals surface area (Å²) in [5.74, 6) is 1.16. The summed E-state index contributed by atoms with van der Waals surface area (Å²) in [6.07, 6.45) is 10.8. The van der Waals surface area contributed by atoms with Gasteiger partial charge in [-0.1, -0.05) is 30.9 Å². The molecule has 1 aliphatic carbocycles. The van der Waals surface area contributed by atoms with Crippen molar-refractivity contribution < 1.29 is 9.53 Å². The molecule has 1 saturated carbocycles. The summed E-state index contributed by atoms with van der Waals surface area (Å²) in [7, 11) is 0. The fourth-order valence-electron chi connectivity index (χ4n) is 3.64. The molecule has 1 fully saturated rings. The first kappa shape index (κ1) is 19.7. The van der Waals surface area contributed by atoms with Crippen molar-refractivity contribution >= 4 is 17.5 Å². The van der Waals surface area contributed by atoms with E-state index in [0.717, 1.165) is 47.7 Å². The molecule has 2 aromatic rings. The first-order valence-electron chi connectivity index (χ1n) is 9.80. The van der Waals surface area contributed by atoms with E-state index >= 15 is 0 Å². The molecular weight excluding hydrogens is 362 g/mol. The number of nitrogens with one attached hydrogen (secondary N) is 1. The van der Waals surface area contributed by atoms with E-state index in [1.807, 2.05) is 42.2 Å². The van der Waals surface area contributed by atoms with Crippen molar-refractivity contribution in [1.82, 2.24) is 15.1 Å². The van der Waals surface area contributed by atoms with Crippen LogP contribution in [-0.2, 0) is 11.3 Å². The quantitative estimate of drug-likeness (QED) is 0.677. The first-order chi connectivity index (χ1) is 13.1. The van der Waals surface area contributed by atoms with Crippen LogP contribution in [0.2, 0.25) is 5.02 Å². The zero-order valence-corrected chi connectivity index (χ0v) is 16.7. The lowest BCUT2D eigenvalue weighted by molar-refractivity contribution is -0.123. The largest absolute Gasteiger partial charge is 0.483 e. The highest BCUT2D eigenvalue weighted by Gasteiger charge is 2.20. The smallest absolute Gasteiger partial charge is 0.257 e. The van der Waals surface area contributed by atoms with Gasteiger partial charge in [0, 0.05) is 24.3 Å². The Labute approximate surface area is 166 Å².